The van der Waals surface area contributed by atoms with Gasteiger partial charge < -0.3 is 4.74 Å². The molecule has 1 rings (SSSR count). The van der Waals surface area contributed by atoms with E-state index in [9.17, 15) is 17.2 Å². The second-order valence-electron chi connectivity index (χ2n) is 3.50. The van der Waals surface area contributed by atoms with Crippen molar-refractivity contribution in [3.8, 4) is 5.75 Å². The quantitative estimate of drug-likeness (QED) is 0.793. The minimum atomic E-state index is -3.56. The van der Waals surface area contributed by atoms with Gasteiger partial charge in [0.1, 0.15) is 10.6 Å². The van der Waals surface area contributed by atoms with E-state index in [1.54, 1.807) is 0 Å². The molecule has 0 spiro atoms. The van der Waals surface area contributed by atoms with Gasteiger partial charge >= 0.3 is 6.61 Å². The summed E-state index contributed by atoms with van der Waals surface area (Å²) in [6.07, 6.45) is 1.21. The Morgan fingerprint density at radius 2 is 1.94 bits per heavy atom. The normalized spacial score (nSPS) is 11.8. The number of alkyl halides is 2. The first-order chi connectivity index (χ1) is 7.97. The lowest BCUT2D eigenvalue weighted by atomic mass is 10.3. The molecule has 0 aliphatic carbocycles. The Kier molecular flexibility index (Phi) is 4.86. The molecule has 0 N–H and O–H groups in total. The monoisotopic (exact) mass is 264 g/mol. The zero-order valence-electron chi connectivity index (χ0n) is 9.40. The molecule has 0 radical (unpaired) electrons. The molecular weight excluding hydrogens is 250 g/mol. The summed E-state index contributed by atoms with van der Waals surface area (Å²) in [5.74, 6) is -0.355. The van der Waals surface area contributed by atoms with Gasteiger partial charge in [-0.25, -0.2) is 8.42 Å². The highest BCUT2D eigenvalue weighted by molar-refractivity contribution is 7.91. The van der Waals surface area contributed by atoms with Crippen molar-refractivity contribution in [2.75, 3.05) is 5.75 Å². The molecule has 96 valence electrons. The highest BCUT2D eigenvalue weighted by atomic mass is 32.2. The molecule has 0 atom stereocenters. The summed E-state index contributed by atoms with van der Waals surface area (Å²) in [7, 11) is -3.56. The predicted octanol–water partition coefficient (Wildman–Crippen LogP) is 2.86. The van der Waals surface area contributed by atoms with Crippen LogP contribution in [0.15, 0.2) is 29.2 Å². The van der Waals surface area contributed by atoms with Crippen LogP contribution in [-0.4, -0.2) is 20.8 Å². The van der Waals surface area contributed by atoms with Crippen LogP contribution in [0.25, 0.3) is 0 Å². The molecule has 1 aromatic rings. The molecule has 0 unspecified atom stereocenters. The molecule has 6 heteroatoms. The van der Waals surface area contributed by atoms with Crippen LogP contribution in [0.2, 0.25) is 0 Å². The zero-order chi connectivity index (χ0) is 12.9. The summed E-state index contributed by atoms with van der Waals surface area (Å²) in [6.45, 7) is -1.17. The van der Waals surface area contributed by atoms with Crippen molar-refractivity contribution in [2.45, 2.75) is 31.3 Å². The summed E-state index contributed by atoms with van der Waals surface area (Å²) in [4.78, 5) is -0.172. The fourth-order valence-electron chi connectivity index (χ4n) is 1.34. The maximum atomic E-state index is 12.1. The molecule has 1 aromatic carbocycles. The largest absolute Gasteiger partial charge is 0.433 e. The third-order valence-electron chi connectivity index (χ3n) is 2.17. The molecule has 0 bridgehead atoms. The van der Waals surface area contributed by atoms with Crippen LogP contribution in [-0.2, 0) is 9.84 Å². The number of benzene rings is 1. The average molecular weight is 264 g/mol. The van der Waals surface area contributed by atoms with Crippen molar-refractivity contribution in [3.63, 3.8) is 0 Å². The molecule has 0 aliphatic heterocycles. The minimum Gasteiger partial charge on any atom is -0.433 e. The van der Waals surface area contributed by atoms with E-state index in [0.717, 1.165) is 6.42 Å². The Bertz CT molecular complexity index is 458. The molecule has 0 saturated carbocycles. The standard InChI is InChI=1S/C11H14F2O3S/c1-2-3-8-17(14,15)10-7-5-4-6-9(10)16-11(12)13/h4-7,11H,2-3,8H2,1H3. The van der Waals surface area contributed by atoms with Crippen LogP contribution in [0.4, 0.5) is 8.78 Å². The second kappa shape index (κ2) is 5.95. The molecule has 0 aliphatic rings. The summed E-state index contributed by atoms with van der Waals surface area (Å²) in [6, 6.07) is 5.45. The maximum Gasteiger partial charge on any atom is 0.387 e. The first-order valence-electron chi connectivity index (χ1n) is 5.24. The van der Waals surface area contributed by atoms with Gasteiger partial charge in [-0.2, -0.15) is 8.78 Å². The fourth-order valence-corrected chi connectivity index (χ4v) is 2.94. The highest BCUT2D eigenvalue weighted by Crippen LogP contribution is 2.26. The van der Waals surface area contributed by atoms with Gasteiger partial charge in [-0.1, -0.05) is 25.5 Å². The van der Waals surface area contributed by atoms with Gasteiger partial charge in [-0.3, -0.25) is 0 Å². The van der Waals surface area contributed by atoms with E-state index < -0.39 is 16.4 Å². The minimum absolute atomic E-state index is 0.0624. The average Bonchev–Trinajstić information content (AvgIpc) is 2.26. The number of hydrogen-bond donors (Lipinski definition) is 0. The first-order valence-corrected chi connectivity index (χ1v) is 6.89. The third kappa shape index (κ3) is 3.96. The van der Waals surface area contributed by atoms with E-state index in [-0.39, 0.29) is 16.4 Å². The number of hydrogen-bond acceptors (Lipinski definition) is 3. The van der Waals surface area contributed by atoms with E-state index in [1.165, 1.54) is 24.3 Å². The van der Waals surface area contributed by atoms with Gasteiger partial charge in [0.2, 0.25) is 0 Å². The molecule has 0 amide bonds. The predicted molar refractivity (Wildman–Crippen MR) is 60.0 cm³/mol. The van der Waals surface area contributed by atoms with Crippen molar-refractivity contribution >= 4 is 9.84 Å². The molecule has 0 fully saturated rings. The number of halogens is 2. The SMILES string of the molecule is CCCCS(=O)(=O)c1ccccc1OC(F)F. The molecular formula is C11H14F2O3S. The van der Waals surface area contributed by atoms with E-state index in [2.05, 4.69) is 4.74 Å². The number of sulfone groups is 1. The van der Waals surface area contributed by atoms with Gasteiger partial charge in [-0.05, 0) is 18.6 Å². The Morgan fingerprint density at radius 1 is 1.29 bits per heavy atom. The summed E-state index contributed by atoms with van der Waals surface area (Å²) in [5.41, 5.74) is 0. The molecule has 0 saturated heterocycles. The number of rotatable bonds is 6. The van der Waals surface area contributed by atoms with Gasteiger partial charge in [0.25, 0.3) is 0 Å². The lowest BCUT2D eigenvalue weighted by Crippen LogP contribution is -2.11. The summed E-state index contributed by atoms with van der Waals surface area (Å²) < 4.78 is 52.2. The van der Waals surface area contributed by atoms with Crippen LogP contribution < -0.4 is 4.74 Å². The second-order valence-corrected chi connectivity index (χ2v) is 5.58. The third-order valence-corrected chi connectivity index (χ3v) is 4.00. The fraction of sp³-hybridized carbons (Fsp3) is 0.455. The molecule has 0 aromatic heterocycles. The van der Waals surface area contributed by atoms with Crippen molar-refractivity contribution in [1.82, 2.24) is 0 Å². The van der Waals surface area contributed by atoms with Crippen LogP contribution in [0.3, 0.4) is 0 Å². The van der Waals surface area contributed by atoms with Crippen molar-refractivity contribution in [3.05, 3.63) is 24.3 Å². The zero-order valence-corrected chi connectivity index (χ0v) is 10.2. The Hall–Kier alpha value is -1.17. The lowest BCUT2D eigenvalue weighted by Gasteiger charge is -2.10. The van der Waals surface area contributed by atoms with Crippen molar-refractivity contribution < 1.29 is 21.9 Å². The lowest BCUT2D eigenvalue weighted by molar-refractivity contribution is -0.0517. The number of ether oxygens (including phenoxy) is 1. The van der Waals surface area contributed by atoms with E-state index in [0.29, 0.717) is 6.42 Å². The van der Waals surface area contributed by atoms with Crippen LogP contribution in [0.5, 0.6) is 5.75 Å². The Morgan fingerprint density at radius 3 is 2.53 bits per heavy atom. The smallest absolute Gasteiger partial charge is 0.387 e. The topological polar surface area (TPSA) is 43.4 Å². The van der Waals surface area contributed by atoms with E-state index >= 15 is 0 Å². The first kappa shape index (κ1) is 13.9. The van der Waals surface area contributed by atoms with Crippen LogP contribution >= 0.6 is 0 Å². The van der Waals surface area contributed by atoms with Gasteiger partial charge in [0.15, 0.2) is 9.84 Å². The molecule has 17 heavy (non-hydrogen) atoms. The van der Waals surface area contributed by atoms with Gasteiger partial charge in [-0.15, -0.1) is 0 Å². The Balaban J connectivity index is 3.04. The molecule has 0 heterocycles. The molecule has 3 nitrogen and oxygen atoms in total. The van der Waals surface area contributed by atoms with E-state index in [4.69, 9.17) is 0 Å². The summed E-state index contributed by atoms with van der Waals surface area (Å²) >= 11 is 0. The Labute approximate surface area is 99.3 Å². The van der Waals surface area contributed by atoms with Crippen LogP contribution in [0, 0.1) is 0 Å². The summed E-state index contributed by atoms with van der Waals surface area (Å²) in [5, 5.41) is 0. The van der Waals surface area contributed by atoms with Gasteiger partial charge in [0.05, 0.1) is 5.75 Å². The number of unbranched alkanes of at least 4 members (excludes halogenated alkanes) is 1. The van der Waals surface area contributed by atoms with Crippen molar-refractivity contribution in [1.29, 1.82) is 0 Å². The van der Waals surface area contributed by atoms with Crippen molar-refractivity contribution in [2.24, 2.45) is 0 Å². The highest BCUT2D eigenvalue weighted by Gasteiger charge is 2.20. The van der Waals surface area contributed by atoms with E-state index in [1.807, 2.05) is 6.92 Å². The number of para-hydroxylation sites is 1. The van der Waals surface area contributed by atoms with Crippen LogP contribution in [0.1, 0.15) is 19.8 Å². The van der Waals surface area contributed by atoms with Gasteiger partial charge in [0, 0.05) is 0 Å². The maximum absolute atomic E-state index is 12.1.